The van der Waals surface area contributed by atoms with Crippen LogP contribution in [0.4, 0.5) is 0 Å². The molecule has 0 amide bonds. The summed E-state index contributed by atoms with van der Waals surface area (Å²) >= 11 is 3.37. The average molecular weight is 278 g/mol. The second kappa shape index (κ2) is 6.22. The second-order valence-corrected chi connectivity index (χ2v) is 4.02. The number of halogens is 1. The third kappa shape index (κ3) is 3.27. The van der Waals surface area contributed by atoms with Gasteiger partial charge in [0.25, 0.3) is 0 Å². The number of methoxy groups -OCH3 is 1. The van der Waals surface area contributed by atoms with Gasteiger partial charge in [0.1, 0.15) is 6.10 Å². The molecule has 0 saturated heterocycles. The molecule has 0 spiro atoms. The highest BCUT2D eigenvalue weighted by Crippen LogP contribution is 2.22. The third-order valence-corrected chi connectivity index (χ3v) is 2.66. The Morgan fingerprint density at radius 2 is 2.47 bits per heavy atom. The largest absolute Gasteiger partial charge is 0.385 e. The number of likely N-dealkylation sites (N-methyl/N-ethyl adjacent to an activating group) is 1. The Kier molecular flexibility index (Phi) is 5.24. The van der Waals surface area contributed by atoms with Crippen molar-refractivity contribution in [2.45, 2.75) is 12.6 Å². The van der Waals surface area contributed by atoms with Gasteiger partial charge in [0, 0.05) is 13.7 Å². The lowest BCUT2D eigenvalue weighted by Crippen LogP contribution is -2.21. The van der Waals surface area contributed by atoms with Crippen molar-refractivity contribution >= 4 is 15.9 Å². The van der Waals surface area contributed by atoms with Crippen LogP contribution in [0.3, 0.4) is 0 Å². The van der Waals surface area contributed by atoms with E-state index >= 15 is 0 Å². The molecule has 0 aliphatic heterocycles. The third-order valence-electron chi connectivity index (χ3n) is 2.05. The molecule has 1 atom stereocenters. The van der Waals surface area contributed by atoms with E-state index in [-0.39, 0.29) is 0 Å². The van der Waals surface area contributed by atoms with Gasteiger partial charge in [-0.05, 0) is 23.0 Å². The van der Waals surface area contributed by atoms with Crippen molar-refractivity contribution in [1.82, 2.24) is 15.1 Å². The lowest BCUT2D eigenvalue weighted by atomic mass is 10.2. The van der Waals surface area contributed by atoms with Crippen molar-refractivity contribution in [2.24, 2.45) is 0 Å². The Morgan fingerprint density at radius 3 is 3.07 bits per heavy atom. The Labute approximate surface area is 97.6 Å². The van der Waals surface area contributed by atoms with Crippen LogP contribution in [0.1, 0.15) is 11.8 Å². The van der Waals surface area contributed by atoms with Gasteiger partial charge in [0.05, 0.1) is 29.5 Å². The minimum atomic E-state index is -0.566. The molecule has 1 aromatic rings. The topological polar surface area (TPSA) is 59.3 Å². The number of hydrogen-bond donors (Lipinski definition) is 2. The zero-order chi connectivity index (χ0) is 11.3. The van der Waals surface area contributed by atoms with E-state index in [1.807, 2.05) is 0 Å². The van der Waals surface area contributed by atoms with Crippen molar-refractivity contribution in [3.63, 3.8) is 0 Å². The Bertz CT molecular complexity index is 304. The van der Waals surface area contributed by atoms with E-state index in [2.05, 4.69) is 26.3 Å². The smallest absolute Gasteiger partial charge is 0.109 e. The van der Waals surface area contributed by atoms with Crippen molar-refractivity contribution < 1.29 is 9.84 Å². The number of nitrogens with one attached hydrogen (secondary N) is 1. The molecule has 0 fully saturated rings. The molecule has 15 heavy (non-hydrogen) atoms. The highest BCUT2D eigenvalue weighted by molar-refractivity contribution is 9.10. The van der Waals surface area contributed by atoms with Crippen LogP contribution in [0.15, 0.2) is 10.7 Å². The Balaban J connectivity index is 2.78. The summed E-state index contributed by atoms with van der Waals surface area (Å²) < 4.78 is 7.54. The zero-order valence-corrected chi connectivity index (χ0v) is 10.5. The molecule has 0 aliphatic carbocycles. The predicted molar refractivity (Wildman–Crippen MR) is 60.7 cm³/mol. The molecule has 0 aliphatic rings. The molecule has 0 aromatic carbocycles. The highest BCUT2D eigenvalue weighted by atomic mass is 79.9. The van der Waals surface area contributed by atoms with Gasteiger partial charge in [0.15, 0.2) is 0 Å². The molecule has 86 valence electrons. The molecule has 0 radical (unpaired) electrons. The minimum absolute atomic E-state index is 0.497. The molecule has 0 saturated carbocycles. The first-order valence-corrected chi connectivity index (χ1v) is 5.52. The average Bonchev–Trinajstić information content (AvgIpc) is 2.57. The monoisotopic (exact) mass is 277 g/mol. The maximum atomic E-state index is 9.88. The number of aliphatic hydroxyl groups is 1. The quantitative estimate of drug-likeness (QED) is 0.797. The molecule has 6 heteroatoms. The van der Waals surface area contributed by atoms with Gasteiger partial charge in [-0.3, -0.25) is 4.68 Å². The van der Waals surface area contributed by atoms with Crippen LogP contribution in [-0.2, 0) is 11.3 Å². The first-order valence-electron chi connectivity index (χ1n) is 4.73. The molecule has 1 rings (SSSR count). The fraction of sp³-hybridized carbons (Fsp3) is 0.667. The molecular weight excluding hydrogens is 262 g/mol. The summed E-state index contributed by atoms with van der Waals surface area (Å²) in [6.07, 6.45) is 1.12. The Morgan fingerprint density at radius 1 is 1.73 bits per heavy atom. The van der Waals surface area contributed by atoms with Crippen molar-refractivity contribution in [2.75, 3.05) is 27.3 Å². The molecule has 1 unspecified atom stereocenters. The minimum Gasteiger partial charge on any atom is -0.385 e. The lowest BCUT2D eigenvalue weighted by Gasteiger charge is -2.13. The normalized spacial score (nSPS) is 13.1. The van der Waals surface area contributed by atoms with Crippen LogP contribution in [0.2, 0.25) is 0 Å². The summed E-state index contributed by atoms with van der Waals surface area (Å²) in [7, 11) is 3.44. The highest BCUT2D eigenvalue weighted by Gasteiger charge is 2.16. The van der Waals surface area contributed by atoms with Crippen LogP contribution in [0.5, 0.6) is 0 Å². The van der Waals surface area contributed by atoms with Crippen LogP contribution >= 0.6 is 15.9 Å². The SMILES string of the molecule is CNCC(O)c1c(Br)cnn1CCOC. The van der Waals surface area contributed by atoms with E-state index in [0.29, 0.717) is 19.7 Å². The van der Waals surface area contributed by atoms with Gasteiger partial charge in [-0.1, -0.05) is 0 Å². The summed E-state index contributed by atoms with van der Waals surface area (Å²) in [6.45, 7) is 1.71. The number of aromatic nitrogens is 2. The van der Waals surface area contributed by atoms with Crippen molar-refractivity contribution in [3.8, 4) is 0 Å². The van der Waals surface area contributed by atoms with Gasteiger partial charge in [0.2, 0.25) is 0 Å². The van der Waals surface area contributed by atoms with Crippen LogP contribution < -0.4 is 5.32 Å². The fourth-order valence-electron chi connectivity index (χ4n) is 1.35. The van der Waals surface area contributed by atoms with Crippen LogP contribution in [0, 0.1) is 0 Å². The predicted octanol–water partition coefficient (Wildman–Crippen LogP) is 0.545. The first kappa shape index (κ1) is 12.6. The first-order chi connectivity index (χ1) is 7.20. The molecule has 5 nitrogen and oxygen atoms in total. The van der Waals surface area contributed by atoms with Gasteiger partial charge >= 0.3 is 0 Å². The van der Waals surface area contributed by atoms with Gasteiger partial charge in [-0.25, -0.2) is 0 Å². The number of hydrogen-bond acceptors (Lipinski definition) is 4. The lowest BCUT2D eigenvalue weighted by molar-refractivity contribution is 0.152. The van der Waals surface area contributed by atoms with Crippen molar-refractivity contribution in [3.05, 3.63) is 16.4 Å². The number of ether oxygens (including phenoxy) is 1. The number of nitrogens with zero attached hydrogens (tertiary/aromatic N) is 2. The van der Waals surface area contributed by atoms with E-state index in [1.54, 1.807) is 25.0 Å². The Hall–Kier alpha value is -0.430. The summed E-state index contributed by atoms with van der Waals surface area (Å²) in [6, 6.07) is 0. The maximum Gasteiger partial charge on any atom is 0.109 e. The molecule has 1 aromatic heterocycles. The van der Waals surface area contributed by atoms with E-state index in [4.69, 9.17) is 4.74 Å². The summed E-state index contributed by atoms with van der Waals surface area (Å²) in [4.78, 5) is 0. The van der Waals surface area contributed by atoms with Gasteiger partial charge < -0.3 is 15.2 Å². The van der Waals surface area contributed by atoms with Gasteiger partial charge in [-0.15, -0.1) is 0 Å². The van der Waals surface area contributed by atoms with E-state index < -0.39 is 6.10 Å². The molecule has 1 heterocycles. The number of rotatable bonds is 6. The van der Waals surface area contributed by atoms with E-state index in [0.717, 1.165) is 10.2 Å². The van der Waals surface area contributed by atoms with E-state index in [9.17, 15) is 5.11 Å². The summed E-state index contributed by atoms with van der Waals surface area (Å²) in [5.41, 5.74) is 0.779. The number of aliphatic hydroxyl groups excluding tert-OH is 1. The fourth-order valence-corrected chi connectivity index (χ4v) is 1.91. The molecule has 2 N–H and O–H groups in total. The summed E-state index contributed by atoms with van der Waals surface area (Å²) in [5, 5.41) is 17.0. The van der Waals surface area contributed by atoms with Crippen LogP contribution in [0.25, 0.3) is 0 Å². The van der Waals surface area contributed by atoms with Crippen molar-refractivity contribution in [1.29, 1.82) is 0 Å². The van der Waals surface area contributed by atoms with Crippen LogP contribution in [-0.4, -0.2) is 42.2 Å². The standard InChI is InChI=1S/C9H16BrN3O2/c1-11-6-8(14)9-7(10)5-12-13(9)3-4-15-2/h5,8,11,14H,3-4,6H2,1-2H3. The second-order valence-electron chi connectivity index (χ2n) is 3.17. The maximum absolute atomic E-state index is 9.88. The van der Waals surface area contributed by atoms with Gasteiger partial charge in [-0.2, -0.15) is 5.10 Å². The molecule has 0 bridgehead atoms. The zero-order valence-electron chi connectivity index (χ0n) is 8.90. The van der Waals surface area contributed by atoms with E-state index in [1.165, 1.54) is 0 Å². The molecular formula is C9H16BrN3O2. The summed E-state index contributed by atoms with van der Waals surface area (Å²) in [5.74, 6) is 0.